The van der Waals surface area contributed by atoms with Gasteiger partial charge in [-0.15, -0.1) is 0 Å². The van der Waals surface area contributed by atoms with E-state index in [0.717, 1.165) is 33.9 Å². The van der Waals surface area contributed by atoms with Crippen LogP contribution in [-0.4, -0.2) is 38.3 Å². The third-order valence-electron chi connectivity index (χ3n) is 3.87. The lowest BCUT2D eigenvalue weighted by atomic mass is 10.1. The minimum atomic E-state index is -0.155. The quantitative estimate of drug-likeness (QED) is 0.689. The maximum Gasteiger partial charge on any atom is 0.178 e. The zero-order valence-corrected chi connectivity index (χ0v) is 13.6. The smallest absolute Gasteiger partial charge is 0.178 e. The summed E-state index contributed by atoms with van der Waals surface area (Å²) in [7, 11) is 0. The normalized spacial score (nSPS) is 16.3. The van der Waals surface area contributed by atoms with Gasteiger partial charge < -0.3 is 9.88 Å². The number of para-hydroxylation sites is 1. The van der Waals surface area contributed by atoms with Crippen LogP contribution >= 0.6 is 24.0 Å². The summed E-state index contributed by atoms with van der Waals surface area (Å²) >= 11 is 6.97. The second kappa shape index (κ2) is 6.20. The van der Waals surface area contributed by atoms with Crippen LogP contribution in [0.4, 0.5) is 0 Å². The number of thioether (sulfide) groups is 1. The van der Waals surface area contributed by atoms with Gasteiger partial charge in [0.15, 0.2) is 5.78 Å². The molecule has 1 N–H and O–H groups in total. The van der Waals surface area contributed by atoms with E-state index in [1.807, 2.05) is 37.4 Å². The van der Waals surface area contributed by atoms with Crippen molar-refractivity contribution < 1.29 is 4.79 Å². The summed E-state index contributed by atoms with van der Waals surface area (Å²) in [6.07, 6.45) is 4.21. The van der Waals surface area contributed by atoms with Gasteiger partial charge in [-0.3, -0.25) is 4.79 Å². The Kier molecular flexibility index (Phi) is 4.31. The summed E-state index contributed by atoms with van der Waals surface area (Å²) in [5, 5.41) is 0.833. The lowest BCUT2D eigenvalue weighted by Gasteiger charge is -2.20. The van der Waals surface area contributed by atoms with E-state index < -0.39 is 0 Å². The highest BCUT2D eigenvalue weighted by Gasteiger charge is 2.23. The van der Waals surface area contributed by atoms with Crippen LogP contribution < -0.4 is 0 Å². The molecule has 0 spiro atoms. The second-order valence-electron chi connectivity index (χ2n) is 5.33. The number of benzene rings is 1. The fraction of sp³-hybridized carbons (Fsp3) is 0.375. The predicted octanol–water partition coefficient (Wildman–Crippen LogP) is 3.85. The molecule has 3 nitrogen and oxygen atoms in total. The molecule has 0 bridgehead atoms. The van der Waals surface area contributed by atoms with Crippen LogP contribution in [0.2, 0.25) is 0 Å². The number of fused-ring (bicyclic) bond motifs is 1. The lowest BCUT2D eigenvalue weighted by Crippen LogP contribution is -2.26. The predicted molar refractivity (Wildman–Crippen MR) is 93.1 cm³/mol. The number of Topliss-reactive ketones (excluding diaryl/α,β-unsaturated/α-hetero) is 1. The Labute approximate surface area is 134 Å². The molecular formula is C16H18N2OS2. The number of carbonyl (C=O) groups is 1. The van der Waals surface area contributed by atoms with Crippen molar-refractivity contribution >= 4 is 45.0 Å². The Balaban J connectivity index is 1.73. The van der Waals surface area contributed by atoms with Crippen LogP contribution in [0.3, 0.4) is 0 Å². The summed E-state index contributed by atoms with van der Waals surface area (Å²) in [4.78, 5) is 18.0. The maximum atomic E-state index is 12.7. The Morgan fingerprint density at radius 2 is 2.05 bits per heavy atom. The molecule has 1 saturated heterocycles. The molecule has 21 heavy (non-hydrogen) atoms. The Morgan fingerprint density at radius 3 is 2.81 bits per heavy atom. The summed E-state index contributed by atoms with van der Waals surface area (Å²) in [6, 6.07) is 7.89. The zero-order chi connectivity index (χ0) is 14.8. The van der Waals surface area contributed by atoms with Crippen molar-refractivity contribution in [3.63, 3.8) is 0 Å². The number of hydrogen-bond donors (Lipinski definition) is 1. The molecular weight excluding hydrogens is 300 g/mol. The molecule has 1 aliphatic heterocycles. The number of aromatic amines is 1. The number of nitrogens with one attached hydrogen (secondary N) is 1. The van der Waals surface area contributed by atoms with Crippen LogP contribution in [0.15, 0.2) is 30.5 Å². The zero-order valence-electron chi connectivity index (χ0n) is 12.0. The molecule has 5 heteroatoms. The Bertz CT molecular complexity index is 674. The highest BCUT2D eigenvalue weighted by atomic mass is 32.2. The van der Waals surface area contributed by atoms with Gasteiger partial charge in [0.1, 0.15) is 4.32 Å². The first-order valence-corrected chi connectivity index (χ1v) is 8.51. The SMILES string of the molecule is CC(SC(=S)N1CCCC1)C(=O)c1c[nH]c2ccccc12. The van der Waals surface area contributed by atoms with Gasteiger partial charge in [-0.1, -0.05) is 42.2 Å². The van der Waals surface area contributed by atoms with Crippen LogP contribution in [0.25, 0.3) is 10.9 Å². The third-order valence-corrected chi connectivity index (χ3v) is 5.44. The minimum absolute atomic E-state index is 0.138. The number of H-pyrrole nitrogens is 1. The third kappa shape index (κ3) is 2.99. The van der Waals surface area contributed by atoms with Crippen LogP contribution in [-0.2, 0) is 0 Å². The molecule has 1 atom stereocenters. The second-order valence-corrected chi connectivity index (χ2v) is 7.31. The van der Waals surface area contributed by atoms with E-state index >= 15 is 0 Å². The van der Waals surface area contributed by atoms with E-state index in [2.05, 4.69) is 9.88 Å². The lowest BCUT2D eigenvalue weighted by molar-refractivity contribution is 0.0996. The highest BCUT2D eigenvalue weighted by Crippen LogP contribution is 2.26. The van der Waals surface area contributed by atoms with E-state index in [0.29, 0.717) is 0 Å². The van der Waals surface area contributed by atoms with Gasteiger partial charge in [-0.05, 0) is 25.8 Å². The number of ketones is 1. The summed E-state index contributed by atoms with van der Waals surface area (Å²) in [5.74, 6) is 0.138. The molecule has 0 amide bonds. The van der Waals surface area contributed by atoms with Crippen molar-refractivity contribution in [2.24, 2.45) is 0 Å². The Morgan fingerprint density at radius 1 is 1.33 bits per heavy atom. The van der Waals surface area contributed by atoms with Crippen molar-refractivity contribution in [2.45, 2.75) is 25.0 Å². The average molecular weight is 318 g/mol. The monoisotopic (exact) mass is 318 g/mol. The molecule has 1 unspecified atom stereocenters. The molecule has 110 valence electrons. The van der Waals surface area contributed by atoms with Gasteiger partial charge in [-0.2, -0.15) is 0 Å². The van der Waals surface area contributed by atoms with Gasteiger partial charge in [0, 0.05) is 35.8 Å². The number of rotatable bonds is 3. The number of thiocarbonyl (C=S) groups is 1. The molecule has 1 aromatic carbocycles. The van der Waals surface area contributed by atoms with Gasteiger partial charge >= 0.3 is 0 Å². The van der Waals surface area contributed by atoms with Gasteiger partial charge in [0.25, 0.3) is 0 Å². The first-order valence-electron chi connectivity index (χ1n) is 7.22. The van der Waals surface area contributed by atoms with Gasteiger partial charge in [0.05, 0.1) is 5.25 Å². The van der Waals surface area contributed by atoms with E-state index in [-0.39, 0.29) is 11.0 Å². The number of nitrogens with zero attached hydrogens (tertiary/aromatic N) is 1. The first-order chi connectivity index (χ1) is 10.2. The molecule has 0 radical (unpaired) electrons. The molecule has 3 rings (SSSR count). The highest BCUT2D eigenvalue weighted by molar-refractivity contribution is 8.23. The topological polar surface area (TPSA) is 36.1 Å². The number of carbonyl (C=O) groups excluding carboxylic acids is 1. The van der Waals surface area contributed by atoms with Crippen LogP contribution in [0, 0.1) is 0 Å². The molecule has 0 saturated carbocycles. The standard InChI is InChI=1S/C16H18N2OS2/c1-11(21-16(20)18-8-4-5-9-18)15(19)13-10-17-14-7-3-2-6-12(13)14/h2-3,6-7,10-11,17H,4-5,8-9H2,1H3. The fourth-order valence-corrected chi connectivity index (χ4v) is 4.16. The molecule has 1 fully saturated rings. The number of hydrogen-bond acceptors (Lipinski definition) is 3. The minimum Gasteiger partial charge on any atom is -0.360 e. The Hall–Kier alpha value is -1.33. The van der Waals surface area contributed by atoms with Crippen molar-refractivity contribution in [1.29, 1.82) is 0 Å². The molecule has 2 heterocycles. The molecule has 2 aromatic rings. The van der Waals surface area contributed by atoms with E-state index in [1.54, 1.807) is 0 Å². The maximum absolute atomic E-state index is 12.7. The summed E-state index contributed by atoms with van der Waals surface area (Å²) < 4.78 is 0.855. The molecule has 0 aliphatic carbocycles. The molecule has 1 aliphatic rings. The number of likely N-dealkylation sites (tertiary alicyclic amines) is 1. The van der Waals surface area contributed by atoms with Crippen LogP contribution in [0.1, 0.15) is 30.1 Å². The van der Waals surface area contributed by atoms with Gasteiger partial charge in [-0.25, -0.2) is 0 Å². The largest absolute Gasteiger partial charge is 0.360 e. The summed E-state index contributed by atoms with van der Waals surface area (Å²) in [6.45, 7) is 4.00. The fourth-order valence-electron chi connectivity index (χ4n) is 2.67. The van der Waals surface area contributed by atoms with E-state index in [4.69, 9.17) is 12.2 Å². The van der Waals surface area contributed by atoms with Crippen molar-refractivity contribution in [2.75, 3.05) is 13.1 Å². The van der Waals surface area contributed by atoms with Crippen LogP contribution in [0.5, 0.6) is 0 Å². The summed E-state index contributed by atoms with van der Waals surface area (Å²) in [5.41, 5.74) is 1.76. The average Bonchev–Trinajstić information content (AvgIpc) is 3.15. The molecule has 1 aromatic heterocycles. The number of aromatic nitrogens is 1. The van der Waals surface area contributed by atoms with Crippen molar-refractivity contribution in [1.82, 2.24) is 9.88 Å². The first kappa shape index (κ1) is 14.6. The van der Waals surface area contributed by atoms with Crippen molar-refractivity contribution in [3.8, 4) is 0 Å². The van der Waals surface area contributed by atoms with Gasteiger partial charge in [0.2, 0.25) is 0 Å². The van der Waals surface area contributed by atoms with E-state index in [9.17, 15) is 4.79 Å². The van der Waals surface area contributed by atoms with E-state index in [1.165, 1.54) is 24.6 Å². The van der Waals surface area contributed by atoms with Crippen molar-refractivity contribution in [3.05, 3.63) is 36.0 Å².